The van der Waals surface area contributed by atoms with Crippen LogP contribution in [0.2, 0.25) is 0 Å². The number of aromatic amines is 1. The van der Waals surface area contributed by atoms with E-state index in [-0.39, 0.29) is 11.9 Å². The van der Waals surface area contributed by atoms with Gasteiger partial charge in [0.05, 0.1) is 17.1 Å². The summed E-state index contributed by atoms with van der Waals surface area (Å²) in [6, 6.07) is 18.5. The summed E-state index contributed by atoms with van der Waals surface area (Å²) in [6.45, 7) is 0.762. The largest absolute Gasteiger partial charge is 0.439 e. The molecular weight excluding hydrogens is 366 g/mol. The zero-order valence-electron chi connectivity index (χ0n) is 15.7. The maximum Gasteiger partial charge on any atom is 0.228 e. The lowest BCUT2D eigenvalue weighted by Crippen LogP contribution is -2.04. The average Bonchev–Trinajstić information content (AvgIpc) is 3.44. The van der Waals surface area contributed by atoms with Crippen LogP contribution in [0.5, 0.6) is 11.6 Å². The molecule has 1 fully saturated rings. The monoisotopic (exact) mass is 385 g/mol. The number of hydrogen-bond donors (Lipinski definition) is 1. The van der Waals surface area contributed by atoms with Gasteiger partial charge in [-0.25, -0.2) is 9.97 Å². The lowest BCUT2D eigenvalue weighted by atomic mass is 10.1. The molecule has 1 saturated heterocycles. The average molecular weight is 385 g/mol. The van der Waals surface area contributed by atoms with Gasteiger partial charge in [0.15, 0.2) is 5.82 Å². The molecular formula is C23H19N3O3. The molecule has 0 radical (unpaired) electrons. The zero-order valence-corrected chi connectivity index (χ0v) is 15.7. The van der Waals surface area contributed by atoms with Crippen molar-refractivity contribution in [1.82, 2.24) is 15.0 Å². The lowest BCUT2D eigenvalue weighted by Gasteiger charge is -2.14. The quantitative estimate of drug-likeness (QED) is 0.498. The van der Waals surface area contributed by atoms with Gasteiger partial charge in [-0.15, -0.1) is 0 Å². The highest BCUT2D eigenvalue weighted by molar-refractivity contribution is 6.08. The molecule has 1 atom stereocenters. The number of pyridine rings is 1. The van der Waals surface area contributed by atoms with Gasteiger partial charge in [-0.05, 0) is 61.4 Å². The molecule has 3 heterocycles. The van der Waals surface area contributed by atoms with Crippen molar-refractivity contribution in [2.75, 3.05) is 6.61 Å². The highest BCUT2D eigenvalue weighted by Crippen LogP contribution is 2.35. The zero-order chi connectivity index (χ0) is 19.6. The summed E-state index contributed by atoms with van der Waals surface area (Å²) < 4.78 is 11.8. The van der Waals surface area contributed by atoms with E-state index >= 15 is 0 Å². The number of aromatic nitrogens is 3. The van der Waals surface area contributed by atoms with Gasteiger partial charge in [0.2, 0.25) is 11.7 Å². The Morgan fingerprint density at radius 1 is 1.07 bits per heavy atom. The van der Waals surface area contributed by atoms with E-state index in [0.29, 0.717) is 23.0 Å². The Balaban J connectivity index is 1.36. The van der Waals surface area contributed by atoms with Gasteiger partial charge in [0.1, 0.15) is 5.75 Å². The van der Waals surface area contributed by atoms with Crippen LogP contribution in [0, 0.1) is 0 Å². The van der Waals surface area contributed by atoms with Crippen LogP contribution >= 0.6 is 0 Å². The second-order valence-corrected chi connectivity index (χ2v) is 6.96. The van der Waals surface area contributed by atoms with Crippen LogP contribution in [0.1, 0.15) is 40.7 Å². The van der Waals surface area contributed by atoms with Crippen molar-refractivity contribution in [3.05, 3.63) is 83.8 Å². The van der Waals surface area contributed by atoms with Crippen molar-refractivity contribution < 1.29 is 14.3 Å². The molecule has 144 valence electrons. The highest BCUT2D eigenvalue weighted by atomic mass is 16.5. The fourth-order valence-corrected chi connectivity index (χ4v) is 3.54. The summed E-state index contributed by atoms with van der Waals surface area (Å²) in [5.41, 5.74) is 3.10. The first kappa shape index (κ1) is 17.6. The normalized spacial score (nSPS) is 16.2. The third kappa shape index (κ3) is 3.50. The third-order valence-corrected chi connectivity index (χ3v) is 5.01. The molecule has 0 aliphatic carbocycles. The second-order valence-electron chi connectivity index (χ2n) is 6.96. The minimum atomic E-state index is -0.161. The summed E-state index contributed by atoms with van der Waals surface area (Å²) in [5, 5.41) is 0. The number of nitrogens with one attached hydrogen (secondary N) is 1. The van der Waals surface area contributed by atoms with E-state index in [4.69, 9.17) is 9.47 Å². The highest BCUT2D eigenvalue weighted by Gasteiger charge is 2.22. The first-order chi connectivity index (χ1) is 14.3. The standard InChI is InChI=1S/C23H19N3O3/c27-21(22-25-18-6-1-2-7-19(18)26-22)15-9-11-16(12-10-15)29-23-17(5-3-13-24-23)20-8-4-14-28-20/h1-3,5-7,9-13,20H,4,8,14H2,(H,25,26)/t20-/m0/s1. The predicted molar refractivity (Wildman–Crippen MR) is 108 cm³/mol. The number of rotatable bonds is 5. The molecule has 1 N–H and O–H groups in total. The number of carbonyl (C=O) groups excluding carboxylic acids is 1. The van der Waals surface area contributed by atoms with Crippen LogP contribution in [-0.2, 0) is 4.74 Å². The smallest absolute Gasteiger partial charge is 0.228 e. The van der Waals surface area contributed by atoms with Gasteiger partial charge in [0.25, 0.3) is 0 Å². The molecule has 0 saturated carbocycles. The van der Waals surface area contributed by atoms with Crippen LogP contribution in [0.4, 0.5) is 0 Å². The van der Waals surface area contributed by atoms with Crippen LogP contribution < -0.4 is 4.74 Å². The lowest BCUT2D eigenvalue weighted by molar-refractivity contribution is 0.103. The van der Waals surface area contributed by atoms with Crippen LogP contribution in [0.15, 0.2) is 66.9 Å². The van der Waals surface area contributed by atoms with E-state index < -0.39 is 0 Å². The summed E-state index contributed by atoms with van der Waals surface area (Å²) in [4.78, 5) is 24.6. The van der Waals surface area contributed by atoms with E-state index in [1.807, 2.05) is 36.4 Å². The van der Waals surface area contributed by atoms with Gasteiger partial charge < -0.3 is 14.5 Å². The molecule has 0 unspecified atom stereocenters. The Morgan fingerprint density at radius 2 is 1.93 bits per heavy atom. The van der Waals surface area contributed by atoms with Gasteiger partial charge in [-0.1, -0.05) is 12.1 Å². The van der Waals surface area contributed by atoms with E-state index in [2.05, 4.69) is 15.0 Å². The van der Waals surface area contributed by atoms with Gasteiger partial charge in [-0.3, -0.25) is 4.79 Å². The Hall–Kier alpha value is -3.51. The van der Waals surface area contributed by atoms with Crippen LogP contribution in [0.3, 0.4) is 0 Å². The summed E-state index contributed by atoms with van der Waals surface area (Å²) in [6.07, 6.45) is 3.73. The molecule has 6 nitrogen and oxygen atoms in total. The Labute approximate surface area is 167 Å². The molecule has 6 heteroatoms. The Morgan fingerprint density at radius 3 is 2.72 bits per heavy atom. The van der Waals surface area contributed by atoms with Crippen molar-refractivity contribution >= 4 is 16.8 Å². The maximum absolute atomic E-state index is 12.8. The number of hydrogen-bond acceptors (Lipinski definition) is 5. The second kappa shape index (κ2) is 7.48. The molecule has 4 aromatic rings. The molecule has 0 spiro atoms. The summed E-state index contributed by atoms with van der Waals surface area (Å²) in [5.74, 6) is 1.32. The molecule has 0 amide bonds. The molecule has 2 aromatic carbocycles. The van der Waals surface area contributed by atoms with Crippen molar-refractivity contribution in [2.24, 2.45) is 0 Å². The molecule has 29 heavy (non-hydrogen) atoms. The summed E-state index contributed by atoms with van der Waals surface area (Å²) in [7, 11) is 0. The predicted octanol–water partition coefficient (Wildman–Crippen LogP) is 4.83. The number of H-pyrrole nitrogens is 1. The molecule has 1 aliphatic rings. The Bertz CT molecular complexity index is 1130. The maximum atomic E-state index is 12.8. The number of benzene rings is 2. The van der Waals surface area contributed by atoms with Crippen molar-refractivity contribution in [3.63, 3.8) is 0 Å². The van der Waals surface area contributed by atoms with Crippen LogP contribution in [0.25, 0.3) is 11.0 Å². The van der Waals surface area contributed by atoms with E-state index in [9.17, 15) is 4.79 Å². The fourth-order valence-electron chi connectivity index (χ4n) is 3.54. The molecule has 2 aromatic heterocycles. The fraction of sp³-hybridized carbons (Fsp3) is 0.174. The number of fused-ring (bicyclic) bond motifs is 1. The van der Waals surface area contributed by atoms with E-state index in [1.165, 1.54) is 0 Å². The Kier molecular flexibility index (Phi) is 4.54. The van der Waals surface area contributed by atoms with Gasteiger partial charge >= 0.3 is 0 Å². The minimum Gasteiger partial charge on any atom is -0.439 e. The van der Waals surface area contributed by atoms with Crippen molar-refractivity contribution in [2.45, 2.75) is 18.9 Å². The third-order valence-electron chi connectivity index (χ3n) is 5.01. The number of nitrogens with zero attached hydrogens (tertiary/aromatic N) is 2. The number of imidazole rings is 1. The number of ketones is 1. The van der Waals surface area contributed by atoms with E-state index in [0.717, 1.165) is 36.0 Å². The van der Waals surface area contributed by atoms with Crippen molar-refractivity contribution in [1.29, 1.82) is 0 Å². The van der Waals surface area contributed by atoms with Gasteiger partial charge in [0, 0.05) is 23.9 Å². The molecule has 5 rings (SSSR count). The number of para-hydroxylation sites is 2. The van der Waals surface area contributed by atoms with Crippen molar-refractivity contribution in [3.8, 4) is 11.6 Å². The molecule has 0 bridgehead atoms. The minimum absolute atomic E-state index is 0.0210. The first-order valence-electron chi connectivity index (χ1n) is 9.62. The SMILES string of the molecule is O=C(c1ccc(Oc2ncccc2[C@@H]2CCCO2)cc1)c1nc2ccccc2[nH]1. The topological polar surface area (TPSA) is 77.1 Å². The van der Waals surface area contributed by atoms with Crippen LogP contribution in [-0.4, -0.2) is 27.3 Å². The number of ether oxygens (including phenoxy) is 2. The molecule has 1 aliphatic heterocycles. The van der Waals surface area contributed by atoms with Gasteiger partial charge in [-0.2, -0.15) is 0 Å². The first-order valence-corrected chi connectivity index (χ1v) is 9.62. The van der Waals surface area contributed by atoms with E-state index in [1.54, 1.807) is 30.5 Å². The number of carbonyl (C=O) groups is 1. The summed E-state index contributed by atoms with van der Waals surface area (Å²) >= 11 is 0.